The molecule has 1 aliphatic rings. The number of anilines is 1. The third-order valence-corrected chi connectivity index (χ3v) is 8.17. The first-order chi connectivity index (χ1) is 24.0. The van der Waals surface area contributed by atoms with Gasteiger partial charge in [0.2, 0.25) is 5.84 Å². The van der Waals surface area contributed by atoms with Crippen LogP contribution in [-0.2, 0) is 4.79 Å². The van der Waals surface area contributed by atoms with E-state index in [9.17, 15) is 9.59 Å². The summed E-state index contributed by atoms with van der Waals surface area (Å²) in [6.07, 6.45) is 1.84. The number of aromatic nitrogens is 1. The molecule has 0 saturated heterocycles. The van der Waals surface area contributed by atoms with Gasteiger partial charge in [0.15, 0.2) is 0 Å². The van der Waals surface area contributed by atoms with Crippen molar-refractivity contribution in [2.75, 3.05) is 4.90 Å². The number of carbonyl (C=O) groups excluding carboxylic acids is 2. The minimum absolute atomic E-state index is 0.255. The monoisotopic (exact) mass is 641 g/mol. The van der Waals surface area contributed by atoms with Crippen molar-refractivity contribution in [2.24, 2.45) is 20.3 Å². The van der Waals surface area contributed by atoms with E-state index < -0.39 is 5.91 Å². The minimum atomic E-state index is -0.433. The number of hydrazone groups is 1. The molecule has 6 aromatic rings. The summed E-state index contributed by atoms with van der Waals surface area (Å²) in [6.45, 7) is 3.74. The topological polar surface area (TPSA) is 115 Å². The fraction of sp³-hybridized carbons (Fsp3) is 0.0500. The average Bonchev–Trinajstić information content (AvgIpc) is 3.65. The minimum Gasteiger partial charge on any atom is -0.354 e. The van der Waals surface area contributed by atoms with Crippen LogP contribution in [0.15, 0.2) is 159 Å². The molecule has 0 bridgehead atoms. The molecule has 9 heteroatoms. The van der Waals surface area contributed by atoms with Gasteiger partial charge in [-0.15, -0.1) is 15.3 Å². The number of para-hydroxylation sites is 1. The standard InChI is InChI=1S/C40H31N7O2/c1-26-13-9-11-19-34(26)43-44-38(29-16-7-4-8-17-29)45-46-39(48)30-21-23-31(24-22-30)47-27(2)41-36(40(47)49)25-33-32-18-10-12-20-35(32)42-37(33)28-14-5-3-6-15-28/h3-25,42H,1-2H3,(H,46,48)/b36-25-,44-43?,45-38-. The zero-order valence-corrected chi connectivity index (χ0v) is 26.8. The van der Waals surface area contributed by atoms with Crippen molar-refractivity contribution in [3.8, 4) is 11.3 Å². The summed E-state index contributed by atoms with van der Waals surface area (Å²) in [5.74, 6) is 0.103. The second-order valence-electron chi connectivity index (χ2n) is 11.4. The van der Waals surface area contributed by atoms with Crippen LogP contribution in [-0.4, -0.2) is 28.5 Å². The Morgan fingerprint density at radius 1 is 0.776 bits per heavy atom. The van der Waals surface area contributed by atoms with Gasteiger partial charge in [0, 0.05) is 27.6 Å². The van der Waals surface area contributed by atoms with Gasteiger partial charge >= 0.3 is 0 Å². The van der Waals surface area contributed by atoms with E-state index in [0.717, 1.165) is 33.3 Å². The van der Waals surface area contributed by atoms with Gasteiger partial charge in [-0.2, -0.15) is 0 Å². The third kappa shape index (κ3) is 6.45. The maximum atomic E-state index is 13.8. The number of azo groups is 1. The predicted molar refractivity (Wildman–Crippen MR) is 195 cm³/mol. The normalized spacial score (nSPS) is 14.2. The Hall–Kier alpha value is -6.74. The van der Waals surface area contributed by atoms with Crippen molar-refractivity contribution in [3.63, 3.8) is 0 Å². The van der Waals surface area contributed by atoms with E-state index in [1.54, 1.807) is 36.1 Å². The van der Waals surface area contributed by atoms with Crippen LogP contribution in [0.4, 0.5) is 11.4 Å². The van der Waals surface area contributed by atoms with Gasteiger partial charge in [0.05, 0.1) is 17.1 Å². The maximum Gasteiger partial charge on any atom is 0.282 e. The summed E-state index contributed by atoms with van der Waals surface area (Å²) in [5, 5.41) is 14.0. The van der Waals surface area contributed by atoms with Gasteiger partial charge in [0.1, 0.15) is 11.5 Å². The van der Waals surface area contributed by atoms with Crippen LogP contribution in [0.2, 0.25) is 0 Å². The number of carbonyl (C=O) groups is 2. The van der Waals surface area contributed by atoms with Gasteiger partial charge in [-0.05, 0) is 67.4 Å². The number of H-pyrrole nitrogens is 1. The Bertz CT molecular complexity index is 2300. The van der Waals surface area contributed by atoms with E-state index in [-0.39, 0.29) is 11.7 Å². The number of benzene rings is 5. The van der Waals surface area contributed by atoms with Crippen LogP contribution in [0.3, 0.4) is 0 Å². The summed E-state index contributed by atoms with van der Waals surface area (Å²) in [4.78, 5) is 36.6. The summed E-state index contributed by atoms with van der Waals surface area (Å²) in [7, 11) is 0. The van der Waals surface area contributed by atoms with E-state index in [4.69, 9.17) is 0 Å². The first kappa shape index (κ1) is 30.9. The van der Waals surface area contributed by atoms with Gasteiger partial charge in [-0.3, -0.25) is 14.5 Å². The highest BCUT2D eigenvalue weighted by Gasteiger charge is 2.30. The van der Waals surface area contributed by atoms with Gasteiger partial charge < -0.3 is 4.98 Å². The lowest BCUT2D eigenvalue weighted by Gasteiger charge is -2.16. The first-order valence-electron chi connectivity index (χ1n) is 15.7. The number of amides is 2. The highest BCUT2D eigenvalue weighted by Crippen LogP contribution is 2.34. The Kier molecular flexibility index (Phi) is 8.54. The van der Waals surface area contributed by atoms with E-state index in [1.807, 2.05) is 122 Å². The lowest BCUT2D eigenvalue weighted by atomic mass is 10.0. The van der Waals surface area contributed by atoms with Crippen LogP contribution < -0.4 is 10.3 Å². The molecule has 49 heavy (non-hydrogen) atoms. The molecule has 2 heterocycles. The Labute approximate surface area is 283 Å². The largest absolute Gasteiger partial charge is 0.354 e. The first-order valence-corrected chi connectivity index (χ1v) is 15.7. The Morgan fingerprint density at radius 3 is 2.20 bits per heavy atom. The number of hydrogen-bond acceptors (Lipinski definition) is 5. The zero-order valence-electron chi connectivity index (χ0n) is 26.8. The molecular weight excluding hydrogens is 610 g/mol. The molecule has 2 amide bonds. The lowest BCUT2D eigenvalue weighted by Crippen LogP contribution is -2.30. The van der Waals surface area contributed by atoms with Gasteiger partial charge in [-0.25, -0.2) is 10.4 Å². The second-order valence-corrected chi connectivity index (χ2v) is 11.4. The number of aliphatic imine (C=N–C) groups is 1. The van der Waals surface area contributed by atoms with Crippen molar-refractivity contribution < 1.29 is 9.59 Å². The summed E-state index contributed by atoms with van der Waals surface area (Å²) >= 11 is 0. The molecule has 5 aromatic carbocycles. The quantitative estimate of drug-likeness (QED) is 0.0596. The van der Waals surface area contributed by atoms with E-state index in [1.165, 1.54) is 0 Å². The molecular formula is C40H31N7O2. The Morgan fingerprint density at radius 2 is 1.45 bits per heavy atom. The van der Waals surface area contributed by atoms with Crippen LogP contribution in [0.25, 0.3) is 28.2 Å². The molecule has 9 nitrogen and oxygen atoms in total. The molecule has 238 valence electrons. The number of nitrogens with zero attached hydrogens (tertiary/aromatic N) is 5. The SMILES string of the molecule is CC1=N/C(=C\c2c(-c3ccccc3)[nH]c3ccccc23)C(=O)N1c1ccc(C(=O)N/N=C(\N=Nc2ccccc2C)c2ccccc2)cc1. The zero-order chi connectivity index (χ0) is 33.7. The van der Waals surface area contributed by atoms with Crippen LogP contribution in [0, 0.1) is 6.92 Å². The van der Waals surface area contributed by atoms with Crippen molar-refractivity contribution in [1.82, 2.24) is 10.4 Å². The molecule has 0 spiro atoms. The number of hydrogen-bond donors (Lipinski definition) is 2. The molecule has 0 saturated carbocycles. The molecule has 1 aromatic heterocycles. The molecule has 2 N–H and O–H groups in total. The number of nitrogens with one attached hydrogen (secondary N) is 2. The third-order valence-electron chi connectivity index (χ3n) is 8.17. The maximum absolute atomic E-state index is 13.8. The molecule has 0 unspecified atom stereocenters. The van der Waals surface area contributed by atoms with Gasteiger partial charge in [-0.1, -0.05) is 97.1 Å². The van der Waals surface area contributed by atoms with E-state index in [2.05, 4.69) is 30.7 Å². The molecule has 0 aliphatic carbocycles. The molecule has 0 atom stereocenters. The average molecular weight is 642 g/mol. The molecule has 7 rings (SSSR count). The number of aryl methyl sites for hydroxylation is 1. The van der Waals surface area contributed by atoms with Crippen LogP contribution in [0.1, 0.15) is 34.0 Å². The number of amidine groups is 2. The highest BCUT2D eigenvalue weighted by molar-refractivity contribution is 6.28. The van der Waals surface area contributed by atoms with Crippen molar-refractivity contribution in [3.05, 3.63) is 161 Å². The lowest BCUT2D eigenvalue weighted by molar-refractivity contribution is -0.113. The second kappa shape index (κ2) is 13.5. The van der Waals surface area contributed by atoms with Crippen LogP contribution >= 0.6 is 0 Å². The Balaban J connectivity index is 1.11. The van der Waals surface area contributed by atoms with Crippen LogP contribution in [0.5, 0.6) is 0 Å². The van der Waals surface area contributed by atoms with Gasteiger partial charge in [0.25, 0.3) is 11.8 Å². The van der Waals surface area contributed by atoms with E-state index in [0.29, 0.717) is 34.0 Å². The molecule has 0 radical (unpaired) electrons. The molecule has 1 aliphatic heterocycles. The number of rotatable bonds is 7. The fourth-order valence-electron chi connectivity index (χ4n) is 5.65. The summed E-state index contributed by atoms with van der Waals surface area (Å²) in [6, 6.07) is 41.7. The predicted octanol–water partition coefficient (Wildman–Crippen LogP) is 8.82. The highest BCUT2D eigenvalue weighted by atomic mass is 16.2. The number of fused-ring (bicyclic) bond motifs is 1. The van der Waals surface area contributed by atoms with Crippen molar-refractivity contribution in [2.45, 2.75) is 13.8 Å². The smallest absolute Gasteiger partial charge is 0.282 e. The fourth-order valence-corrected chi connectivity index (χ4v) is 5.65. The summed E-state index contributed by atoms with van der Waals surface area (Å²) < 4.78 is 0. The van der Waals surface area contributed by atoms with Crippen molar-refractivity contribution in [1.29, 1.82) is 0 Å². The number of aromatic amines is 1. The summed E-state index contributed by atoms with van der Waals surface area (Å²) in [5.41, 5.74) is 10.0. The molecule has 0 fully saturated rings. The van der Waals surface area contributed by atoms with Crippen molar-refractivity contribution >= 4 is 51.8 Å². The van der Waals surface area contributed by atoms with E-state index >= 15 is 0 Å².